The monoisotopic (exact) mass is 424 g/mol. The molecule has 2 aromatic rings. The fraction of sp³-hybridized carbons (Fsp3) is 0.111. The second kappa shape index (κ2) is 6.95. The first-order valence-corrected chi connectivity index (χ1v) is 8.21. The van der Waals surface area contributed by atoms with Crippen molar-refractivity contribution in [1.29, 1.82) is 0 Å². The van der Waals surface area contributed by atoms with Crippen molar-refractivity contribution in [3.8, 4) is 5.75 Å². The van der Waals surface area contributed by atoms with Crippen LogP contribution in [0.25, 0.3) is 6.08 Å². The number of carbonyl (C=O) groups excluding carboxylic acids is 1. The first kappa shape index (κ1) is 18.2. The highest BCUT2D eigenvalue weighted by Gasteiger charge is 2.46. The van der Waals surface area contributed by atoms with E-state index in [0.717, 1.165) is 5.01 Å². The van der Waals surface area contributed by atoms with Gasteiger partial charge in [0.25, 0.3) is 5.91 Å². The van der Waals surface area contributed by atoms with E-state index in [4.69, 9.17) is 4.74 Å². The number of alkyl halides is 3. The maximum Gasteiger partial charge on any atom is 0.435 e. The van der Waals surface area contributed by atoms with Gasteiger partial charge < -0.3 is 4.74 Å². The molecular weight excluding hydrogens is 413 g/mol. The number of hydrogen-bond donors (Lipinski definition) is 0. The molecule has 1 amide bonds. The molecule has 4 nitrogen and oxygen atoms in total. The fourth-order valence-corrected chi connectivity index (χ4v) is 3.00. The molecule has 26 heavy (non-hydrogen) atoms. The summed E-state index contributed by atoms with van der Waals surface area (Å²) in [5.41, 5.74) is -1.07. The standard InChI is InChI=1S/C18H12BrF3N2O2/c1-26-15-8-7-11(10-14(15)19)9-13-16(18(20,21)22)23-24(17(13)25)12-5-3-2-4-6-12/h2-10H,1H3/b13-9-. The number of para-hydroxylation sites is 1. The van der Waals surface area contributed by atoms with E-state index in [9.17, 15) is 18.0 Å². The predicted octanol–water partition coefficient (Wildman–Crippen LogP) is 4.81. The van der Waals surface area contributed by atoms with Crippen LogP contribution in [-0.4, -0.2) is 24.9 Å². The number of ether oxygens (including phenoxy) is 1. The van der Waals surface area contributed by atoms with Crippen LogP contribution < -0.4 is 9.75 Å². The molecule has 0 aromatic heterocycles. The van der Waals surface area contributed by atoms with E-state index in [-0.39, 0.29) is 5.69 Å². The van der Waals surface area contributed by atoms with E-state index in [1.807, 2.05) is 0 Å². The maximum atomic E-state index is 13.4. The fourth-order valence-electron chi connectivity index (χ4n) is 2.44. The zero-order valence-corrected chi connectivity index (χ0v) is 15.0. The van der Waals surface area contributed by atoms with Crippen LogP contribution in [-0.2, 0) is 4.79 Å². The van der Waals surface area contributed by atoms with Crippen LogP contribution >= 0.6 is 15.9 Å². The summed E-state index contributed by atoms with van der Waals surface area (Å²) in [4.78, 5) is 12.6. The quantitative estimate of drug-likeness (QED) is 0.663. The van der Waals surface area contributed by atoms with Crippen LogP contribution in [0.4, 0.5) is 18.9 Å². The van der Waals surface area contributed by atoms with Crippen LogP contribution in [0, 0.1) is 0 Å². The van der Waals surface area contributed by atoms with Gasteiger partial charge in [0.05, 0.1) is 22.8 Å². The number of halogens is 4. The summed E-state index contributed by atoms with van der Waals surface area (Å²) in [6.45, 7) is 0. The lowest BCUT2D eigenvalue weighted by atomic mass is 10.1. The molecule has 0 saturated carbocycles. The molecule has 3 rings (SSSR count). The lowest BCUT2D eigenvalue weighted by molar-refractivity contribution is -0.114. The number of anilines is 1. The molecule has 0 N–H and O–H groups in total. The Bertz CT molecular complexity index is 908. The predicted molar refractivity (Wildman–Crippen MR) is 96.1 cm³/mol. The Kier molecular flexibility index (Phi) is 4.86. The zero-order valence-electron chi connectivity index (χ0n) is 13.4. The SMILES string of the molecule is COc1ccc(/C=C2\C(=O)N(c3ccccc3)N=C2C(F)(F)F)cc1Br. The van der Waals surface area contributed by atoms with Gasteiger partial charge in [0.15, 0.2) is 5.71 Å². The molecule has 1 heterocycles. The molecule has 8 heteroatoms. The number of nitrogens with zero attached hydrogens (tertiary/aromatic N) is 2. The van der Waals surface area contributed by atoms with Crippen molar-refractivity contribution < 1.29 is 22.7 Å². The van der Waals surface area contributed by atoms with Crippen molar-refractivity contribution in [1.82, 2.24) is 0 Å². The molecule has 0 bridgehead atoms. The third-order valence-corrected chi connectivity index (χ3v) is 4.25. The average Bonchev–Trinajstić information content (AvgIpc) is 2.93. The topological polar surface area (TPSA) is 41.9 Å². The number of carbonyl (C=O) groups is 1. The third-order valence-electron chi connectivity index (χ3n) is 3.63. The van der Waals surface area contributed by atoms with Gasteiger partial charge >= 0.3 is 6.18 Å². The van der Waals surface area contributed by atoms with E-state index in [0.29, 0.717) is 15.8 Å². The Morgan fingerprint density at radius 3 is 2.42 bits per heavy atom. The molecule has 2 aromatic carbocycles. The Hall–Kier alpha value is -2.61. The number of benzene rings is 2. The molecular formula is C18H12BrF3N2O2. The van der Waals surface area contributed by atoms with Gasteiger partial charge in [-0.25, -0.2) is 0 Å². The van der Waals surface area contributed by atoms with E-state index in [2.05, 4.69) is 21.0 Å². The van der Waals surface area contributed by atoms with Crippen LogP contribution in [0.3, 0.4) is 0 Å². The summed E-state index contributed by atoms with van der Waals surface area (Å²) >= 11 is 3.27. The number of methoxy groups -OCH3 is 1. The highest BCUT2D eigenvalue weighted by Crippen LogP contribution is 2.33. The minimum atomic E-state index is -4.76. The third kappa shape index (κ3) is 3.50. The Balaban J connectivity index is 2.06. The summed E-state index contributed by atoms with van der Waals surface area (Å²) < 4.78 is 45.8. The van der Waals surface area contributed by atoms with Crippen molar-refractivity contribution in [3.05, 3.63) is 64.1 Å². The Morgan fingerprint density at radius 2 is 1.85 bits per heavy atom. The molecule has 1 aliphatic heterocycles. The van der Waals surface area contributed by atoms with Gasteiger partial charge in [0.2, 0.25) is 0 Å². The lowest BCUT2D eigenvalue weighted by Crippen LogP contribution is -2.25. The van der Waals surface area contributed by atoms with Crippen molar-refractivity contribution in [2.45, 2.75) is 6.18 Å². The Morgan fingerprint density at radius 1 is 1.15 bits per heavy atom. The van der Waals surface area contributed by atoms with E-state index in [1.165, 1.54) is 25.3 Å². The van der Waals surface area contributed by atoms with Crippen molar-refractivity contribution in [3.63, 3.8) is 0 Å². The normalized spacial score (nSPS) is 16.2. The van der Waals surface area contributed by atoms with Crippen molar-refractivity contribution in [2.75, 3.05) is 12.1 Å². The zero-order chi connectivity index (χ0) is 18.9. The van der Waals surface area contributed by atoms with Gasteiger partial charge in [0.1, 0.15) is 5.75 Å². The number of rotatable bonds is 3. The van der Waals surface area contributed by atoms with Gasteiger partial charge in [-0.3, -0.25) is 4.79 Å². The second-order valence-corrected chi connectivity index (χ2v) is 6.21. The van der Waals surface area contributed by atoms with Gasteiger partial charge in [-0.2, -0.15) is 23.3 Å². The largest absolute Gasteiger partial charge is 0.496 e. The highest BCUT2D eigenvalue weighted by molar-refractivity contribution is 9.10. The summed E-state index contributed by atoms with van der Waals surface area (Å²) in [5, 5.41) is 4.27. The van der Waals surface area contributed by atoms with Gasteiger partial charge in [-0.05, 0) is 51.8 Å². The molecule has 0 radical (unpaired) electrons. The minimum absolute atomic E-state index is 0.263. The molecule has 0 spiro atoms. The molecule has 0 fully saturated rings. The first-order valence-electron chi connectivity index (χ1n) is 7.42. The summed E-state index contributed by atoms with van der Waals surface area (Å²) in [6.07, 6.45) is -3.59. The molecule has 134 valence electrons. The summed E-state index contributed by atoms with van der Waals surface area (Å²) in [6, 6.07) is 12.7. The lowest BCUT2D eigenvalue weighted by Gasteiger charge is -2.11. The smallest absolute Gasteiger partial charge is 0.435 e. The second-order valence-electron chi connectivity index (χ2n) is 5.35. The number of hydrazone groups is 1. The van der Waals surface area contributed by atoms with Crippen LogP contribution in [0.2, 0.25) is 0 Å². The van der Waals surface area contributed by atoms with E-state index in [1.54, 1.807) is 36.4 Å². The first-order chi connectivity index (χ1) is 12.3. The van der Waals surface area contributed by atoms with E-state index >= 15 is 0 Å². The van der Waals surface area contributed by atoms with Crippen molar-refractivity contribution in [2.24, 2.45) is 5.10 Å². The van der Waals surface area contributed by atoms with Crippen LogP contribution in [0.5, 0.6) is 5.75 Å². The molecule has 0 unspecified atom stereocenters. The van der Waals surface area contributed by atoms with E-state index < -0.39 is 23.4 Å². The summed E-state index contributed by atoms with van der Waals surface area (Å²) in [5.74, 6) is -0.309. The molecule has 0 saturated heterocycles. The van der Waals surface area contributed by atoms with Crippen molar-refractivity contribution >= 4 is 39.3 Å². The highest BCUT2D eigenvalue weighted by atomic mass is 79.9. The van der Waals surface area contributed by atoms with Crippen LogP contribution in [0.15, 0.2) is 63.7 Å². The van der Waals surface area contributed by atoms with Crippen LogP contribution in [0.1, 0.15) is 5.56 Å². The van der Waals surface area contributed by atoms with Gasteiger partial charge in [-0.15, -0.1) is 0 Å². The van der Waals surface area contributed by atoms with Gasteiger partial charge in [-0.1, -0.05) is 24.3 Å². The average molecular weight is 425 g/mol. The Labute approximate surface area is 155 Å². The maximum absolute atomic E-state index is 13.4. The number of hydrogen-bond acceptors (Lipinski definition) is 3. The molecule has 0 aliphatic carbocycles. The molecule has 1 aliphatic rings. The van der Waals surface area contributed by atoms with Gasteiger partial charge in [0, 0.05) is 0 Å². The summed E-state index contributed by atoms with van der Waals surface area (Å²) in [7, 11) is 1.48. The minimum Gasteiger partial charge on any atom is -0.496 e. The number of amides is 1. The molecule has 0 atom stereocenters.